The van der Waals surface area contributed by atoms with Crippen molar-refractivity contribution >= 4 is 33.7 Å². The van der Waals surface area contributed by atoms with Crippen molar-refractivity contribution in [3.05, 3.63) is 35.9 Å². The molecule has 0 amide bonds. The topological polar surface area (TPSA) is 27.7 Å². The summed E-state index contributed by atoms with van der Waals surface area (Å²) in [7, 11) is -7.24. The van der Waals surface area contributed by atoms with Crippen LogP contribution in [0, 0.1) is 0 Å². The van der Waals surface area contributed by atoms with E-state index in [0.29, 0.717) is 11.6 Å². The van der Waals surface area contributed by atoms with Crippen LogP contribution < -0.4 is 0 Å². The molecule has 0 spiro atoms. The lowest BCUT2D eigenvalue weighted by Gasteiger charge is -2.57. The van der Waals surface area contributed by atoms with E-state index in [1.54, 1.807) is 0 Å². The highest BCUT2D eigenvalue weighted by molar-refractivity contribution is 6.80. The molecule has 0 radical (unpaired) electrons. The SMILES string of the molecule is CCC(C)(O[Si](C)(C)C)[SiH](C)OC(C)(C)[C@@](C)(CC)[Si](C)(CC(C)c1ccccc1)OC(C)[Si](C)(C)C. The van der Waals surface area contributed by atoms with Crippen LogP contribution >= 0.6 is 0 Å². The van der Waals surface area contributed by atoms with E-state index < -0.39 is 33.7 Å². The lowest BCUT2D eigenvalue weighted by Crippen LogP contribution is -2.63. The molecule has 37 heavy (non-hydrogen) atoms. The first kappa shape index (κ1) is 35.0. The summed E-state index contributed by atoms with van der Waals surface area (Å²) in [5.41, 5.74) is 1.40. The van der Waals surface area contributed by atoms with Gasteiger partial charge in [0.25, 0.3) is 0 Å². The molecule has 0 saturated heterocycles. The van der Waals surface area contributed by atoms with Gasteiger partial charge < -0.3 is 13.3 Å². The van der Waals surface area contributed by atoms with Gasteiger partial charge in [-0.15, -0.1) is 0 Å². The van der Waals surface area contributed by atoms with Crippen molar-refractivity contribution in [1.29, 1.82) is 0 Å². The molecule has 0 aromatic heterocycles. The molecule has 0 aliphatic carbocycles. The van der Waals surface area contributed by atoms with E-state index in [1.165, 1.54) is 5.56 Å². The van der Waals surface area contributed by atoms with Crippen molar-refractivity contribution in [3.8, 4) is 0 Å². The van der Waals surface area contributed by atoms with Crippen LogP contribution in [-0.4, -0.2) is 50.3 Å². The van der Waals surface area contributed by atoms with Crippen LogP contribution in [0.2, 0.25) is 63.5 Å². The molecule has 3 nitrogen and oxygen atoms in total. The Morgan fingerprint density at radius 1 is 0.838 bits per heavy atom. The van der Waals surface area contributed by atoms with Crippen molar-refractivity contribution in [3.63, 3.8) is 0 Å². The quantitative estimate of drug-likeness (QED) is 0.193. The maximum atomic E-state index is 7.42. The molecule has 0 N–H and O–H groups in total. The highest BCUT2D eigenvalue weighted by Gasteiger charge is 2.59. The van der Waals surface area contributed by atoms with Gasteiger partial charge in [0, 0.05) is 10.8 Å². The Balaban J connectivity index is 3.53. The van der Waals surface area contributed by atoms with Gasteiger partial charge in [0.15, 0.2) is 16.6 Å². The number of rotatable bonds is 15. The van der Waals surface area contributed by atoms with Crippen molar-refractivity contribution < 1.29 is 13.3 Å². The predicted molar refractivity (Wildman–Crippen MR) is 175 cm³/mol. The zero-order chi connectivity index (χ0) is 29.1. The predicted octanol–water partition coefficient (Wildman–Crippen LogP) is 9.53. The zero-order valence-electron chi connectivity index (χ0n) is 27.5. The Bertz CT molecular complexity index is 835. The summed E-state index contributed by atoms with van der Waals surface area (Å²) in [6, 6.07) is 12.1. The third kappa shape index (κ3) is 8.72. The Labute approximate surface area is 236 Å². The second kappa shape index (κ2) is 12.6. The third-order valence-electron chi connectivity index (χ3n) is 9.50. The van der Waals surface area contributed by atoms with Crippen LogP contribution in [0.4, 0.5) is 0 Å². The summed E-state index contributed by atoms with van der Waals surface area (Å²) in [4.78, 5) is 0. The second-order valence-electron chi connectivity index (χ2n) is 14.7. The third-order valence-corrected chi connectivity index (χ3v) is 22.3. The summed E-state index contributed by atoms with van der Waals surface area (Å²) in [6.07, 6.45) is 2.04. The van der Waals surface area contributed by atoms with E-state index in [-0.39, 0.29) is 15.9 Å². The average molecular weight is 583 g/mol. The lowest BCUT2D eigenvalue weighted by molar-refractivity contribution is 0.0174. The minimum absolute atomic E-state index is 0.0635. The molecule has 0 bridgehead atoms. The number of benzene rings is 1. The summed E-state index contributed by atoms with van der Waals surface area (Å²) >= 11 is 0. The fourth-order valence-corrected chi connectivity index (χ4v) is 18.3. The Morgan fingerprint density at radius 3 is 1.76 bits per heavy atom. The van der Waals surface area contributed by atoms with Crippen LogP contribution in [0.25, 0.3) is 0 Å². The molecule has 1 aromatic carbocycles. The van der Waals surface area contributed by atoms with Crippen LogP contribution in [0.1, 0.15) is 79.7 Å². The lowest BCUT2D eigenvalue weighted by atomic mass is 9.89. The van der Waals surface area contributed by atoms with Gasteiger partial charge >= 0.3 is 0 Å². The average Bonchev–Trinajstić information content (AvgIpc) is 2.76. The van der Waals surface area contributed by atoms with Gasteiger partial charge in [-0.1, -0.05) is 77.7 Å². The minimum atomic E-state index is -2.34. The number of hydrogen-bond donors (Lipinski definition) is 0. The van der Waals surface area contributed by atoms with Gasteiger partial charge in [-0.2, -0.15) is 0 Å². The molecule has 1 aromatic rings. The van der Waals surface area contributed by atoms with Crippen LogP contribution in [-0.2, 0) is 13.3 Å². The maximum absolute atomic E-state index is 7.42. The second-order valence-corrected chi connectivity index (χ2v) is 31.6. The largest absolute Gasteiger partial charge is 0.417 e. The molecule has 6 atom stereocenters. The number of hydrogen-bond acceptors (Lipinski definition) is 3. The van der Waals surface area contributed by atoms with Crippen LogP contribution in [0.3, 0.4) is 0 Å². The molecule has 216 valence electrons. The fourth-order valence-electron chi connectivity index (χ4n) is 5.73. The van der Waals surface area contributed by atoms with Gasteiger partial charge in [0.05, 0.1) is 18.9 Å². The summed E-state index contributed by atoms with van der Waals surface area (Å²) in [6.45, 7) is 37.9. The Kier molecular flexibility index (Phi) is 12.0. The van der Waals surface area contributed by atoms with Crippen molar-refractivity contribution in [2.45, 2.75) is 154 Å². The molecular weight excluding hydrogens is 521 g/mol. The van der Waals surface area contributed by atoms with Crippen LogP contribution in [0.5, 0.6) is 0 Å². The summed E-state index contributed by atoms with van der Waals surface area (Å²) in [5, 5.41) is -0.232. The van der Waals surface area contributed by atoms with Gasteiger partial charge in [-0.05, 0) is 90.8 Å². The first-order valence-corrected chi connectivity index (χ1v) is 26.5. The summed E-state index contributed by atoms with van der Waals surface area (Å²) in [5.74, 6) is 0.444. The van der Waals surface area contributed by atoms with Crippen molar-refractivity contribution in [1.82, 2.24) is 0 Å². The molecular formula is C30H62O3Si4. The Hall–Kier alpha value is -0.0325. The molecule has 0 aliphatic rings. The fraction of sp³-hybridized carbons (Fsp3) is 0.800. The maximum Gasteiger partial charge on any atom is 0.204 e. The van der Waals surface area contributed by atoms with E-state index in [1.807, 2.05) is 0 Å². The zero-order valence-corrected chi connectivity index (χ0v) is 31.6. The highest BCUT2D eigenvalue weighted by Crippen LogP contribution is 2.56. The molecule has 0 fully saturated rings. The van der Waals surface area contributed by atoms with Crippen molar-refractivity contribution in [2.75, 3.05) is 0 Å². The van der Waals surface area contributed by atoms with E-state index in [2.05, 4.69) is 138 Å². The van der Waals surface area contributed by atoms with Gasteiger partial charge in [0.1, 0.15) is 0 Å². The molecule has 1 rings (SSSR count). The standard InChI is InChI=1S/C30H62O3Si4/c1-17-29(7,28(5,6)32-34(9)30(8,18-2)33-36(13,14)15)37(16,31-26(4)35(10,11)12)24-25(3)27-22-20-19-21-23-27/h19-23,25-26,34H,17-18,24H2,1-16H3/t25?,26?,29-,30?,34?,37?/m1/s1. The molecule has 0 heterocycles. The van der Waals surface area contributed by atoms with Crippen molar-refractivity contribution in [2.24, 2.45) is 0 Å². The van der Waals surface area contributed by atoms with Gasteiger partial charge in [-0.25, -0.2) is 0 Å². The Morgan fingerprint density at radius 2 is 1.35 bits per heavy atom. The van der Waals surface area contributed by atoms with E-state index >= 15 is 0 Å². The summed E-state index contributed by atoms with van der Waals surface area (Å²) < 4.78 is 21.5. The van der Waals surface area contributed by atoms with E-state index in [9.17, 15) is 0 Å². The highest BCUT2D eigenvalue weighted by atomic mass is 28.4. The van der Waals surface area contributed by atoms with Gasteiger partial charge in [-0.3, -0.25) is 0 Å². The monoisotopic (exact) mass is 582 g/mol. The minimum Gasteiger partial charge on any atom is -0.417 e. The first-order valence-electron chi connectivity index (χ1n) is 14.7. The van der Waals surface area contributed by atoms with E-state index in [0.717, 1.165) is 18.9 Å². The molecule has 7 heteroatoms. The van der Waals surface area contributed by atoms with Gasteiger partial charge in [0.2, 0.25) is 9.04 Å². The van der Waals surface area contributed by atoms with E-state index in [4.69, 9.17) is 13.3 Å². The normalized spacial score (nSPS) is 20.9. The molecule has 0 aliphatic heterocycles. The molecule has 5 unspecified atom stereocenters. The molecule has 0 saturated carbocycles. The smallest absolute Gasteiger partial charge is 0.204 e. The van der Waals surface area contributed by atoms with Crippen LogP contribution in [0.15, 0.2) is 30.3 Å². The first-order chi connectivity index (χ1) is 16.6.